The average Bonchev–Trinajstić information content (AvgIpc) is 4.08. The summed E-state index contributed by atoms with van der Waals surface area (Å²) >= 11 is 0. The van der Waals surface area contributed by atoms with Crippen molar-refractivity contribution in [2.45, 2.75) is 12.7 Å². The van der Waals surface area contributed by atoms with Gasteiger partial charge in [0, 0.05) is 39.7 Å². The van der Waals surface area contributed by atoms with Crippen LogP contribution in [-0.4, -0.2) is 55.7 Å². The van der Waals surface area contributed by atoms with Gasteiger partial charge in [0.05, 0.1) is 11.1 Å². The lowest BCUT2D eigenvalue weighted by molar-refractivity contribution is -0.275. The number of hydrogen-bond acceptors (Lipinski definition) is 12. The predicted octanol–water partition coefficient (Wildman–Crippen LogP) is 12.5. The summed E-state index contributed by atoms with van der Waals surface area (Å²) in [6.07, 6.45) is -9.59. The third-order valence-corrected chi connectivity index (χ3v) is 9.74. The van der Waals surface area contributed by atoms with E-state index in [2.05, 4.69) is 29.7 Å². The number of carbonyl (C=O) groups is 3. The summed E-state index contributed by atoms with van der Waals surface area (Å²) in [5.41, 5.74) is 11.6. The SMILES string of the molecule is NC(=O)c1cccc(-c2nc3ccc(Nc4ccccc4)cc3o2)c1.O=C(O)c1ccc2nc(-c3cccc(OC(F)(F)F)c3)oc2c1.O=C(O)c1ccc2oc(-c3cccc(OC(F)(F)F)c3)nc2c1. The molecule has 1 amide bonds. The van der Waals surface area contributed by atoms with Crippen molar-refractivity contribution >= 4 is 62.5 Å². The molecule has 0 radical (unpaired) electrons. The van der Waals surface area contributed by atoms with Gasteiger partial charge in [0.2, 0.25) is 23.6 Å². The number of alkyl halides is 6. The van der Waals surface area contributed by atoms with Crippen LogP contribution in [0.25, 0.3) is 67.7 Å². The molecule has 0 saturated heterocycles. The number of amides is 1. The number of carbonyl (C=O) groups excluding carboxylic acids is 1. The maximum Gasteiger partial charge on any atom is 0.573 e. The second-order valence-electron chi connectivity index (χ2n) is 14.8. The van der Waals surface area contributed by atoms with Crippen LogP contribution in [0.15, 0.2) is 171 Å². The largest absolute Gasteiger partial charge is 0.573 e. The maximum absolute atomic E-state index is 12.2. The summed E-state index contributed by atoms with van der Waals surface area (Å²) in [4.78, 5) is 45.9. The average molecular weight is 976 g/mol. The maximum atomic E-state index is 12.2. The molecule has 0 atom stereocenters. The Morgan fingerprint density at radius 3 is 1.49 bits per heavy atom. The minimum absolute atomic E-state index is 0.0226. The normalized spacial score (nSPS) is 11.3. The van der Waals surface area contributed by atoms with E-state index < -0.39 is 42.1 Å². The number of benzene rings is 7. The molecule has 7 aromatic carbocycles. The van der Waals surface area contributed by atoms with Gasteiger partial charge in [-0.05, 0) is 115 Å². The Kier molecular flexibility index (Phi) is 13.4. The second-order valence-corrected chi connectivity index (χ2v) is 14.8. The molecule has 3 aromatic heterocycles. The lowest BCUT2D eigenvalue weighted by Gasteiger charge is -2.08. The predicted molar refractivity (Wildman–Crippen MR) is 244 cm³/mol. The molecular formula is C50H31F6N5O10. The molecule has 0 fully saturated rings. The highest BCUT2D eigenvalue weighted by atomic mass is 19.4. The fraction of sp³-hybridized carbons (Fsp3) is 0.0400. The van der Waals surface area contributed by atoms with Crippen molar-refractivity contribution < 1.29 is 73.7 Å². The van der Waals surface area contributed by atoms with Gasteiger partial charge in [-0.15, -0.1) is 26.3 Å². The molecule has 10 rings (SSSR count). The van der Waals surface area contributed by atoms with E-state index in [4.69, 9.17) is 29.2 Å². The number of nitrogens with zero attached hydrogens (tertiary/aromatic N) is 3. The molecule has 358 valence electrons. The van der Waals surface area contributed by atoms with E-state index in [1.807, 2.05) is 54.6 Å². The number of nitrogens with one attached hydrogen (secondary N) is 1. The van der Waals surface area contributed by atoms with E-state index in [1.54, 1.807) is 18.2 Å². The molecule has 0 aliphatic rings. The monoisotopic (exact) mass is 975 g/mol. The lowest BCUT2D eigenvalue weighted by atomic mass is 10.1. The number of nitrogens with two attached hydrogens (primary N) is 1. The zero-order chi connectivity index (χ0) is 50.5. The number of para-hydroxylation sites is 1. The van der Waals surface area contributed by atoms with E-state index >= 15 is 0 Å². The van der Waals surface area contributed by atoms with Crippen molar-refractivity contribution in [3.8, 4) is 45.9 Å². The number of ether oxygens (including phenoxy) is 2. The molecule has 0 unspecified atom stereocenters. The van der Waals surface area contributed by atoms with Gasteiger partial charge >= 0.3 is 24.7 Å². The molecule has 0 saturated carbocycles. The first kappa shape index (κ1) is 47.8. The smallest absolute Gasteiger partial charge is 0.478 e. The number of oxazole rings is 3. The number of primary amides is 1. The Balaban J connectivity index is 0.000000143. The van der Waals surface area contributed by atoms with Gasteiger partial charge in [0.1, 0.15) is 28.0 Å². The summed E-state index contributed by atoms with van der Waals surface area (Å²) in [7, 11) is 0. The van der Waals surface area contributed by atoms with E-state index in [0.717, 1.165) is 41.2 Å². The van der Waals surface area contributed by atoms with Crippen LogP contribution in [0.2, 0.25) is 0 Å². The number of aromatic carboxylic acids is 2. The van der Waals surface area contributed by atoms with Crippen LogP contribution in [0, 0.1) is 0 Å². The number of carboxylic acid groups (broad SMARTS) is 2. The van der Waals surface area contributed by atoms with Crippen molar-refractivity contribution in [3.05, 3.63) is 174 Å². The van der Waals surface area contributed by atoms with E-state index in [9.17, 15) is 40.7 Å². The molecule has 21 heteroatoms. The number of fused-ring (bicyclic) bond motifs is 3. The van der Waals surface area contributed by atoms with Gasteiger partial charge in [-0.25, -0.2) is 24.5 Å². The number of hydrogen-bond donors (Lipinski definition) is 4. The van der Waals surface area contributed by atoms with Crippen molar-refractivity contribution in [1.82, 2.24) is 15.0 Å². The van der Waals surface area contributed by atoms with Crippen LogP contribution in [0.5, 0.6) is 11.5 Å². The van der Waals surface area contributed by atoms with Crippen molar-refractivity contribution in [3.63, 3.8) is 0 Å². The zero-order valence-corrected chi connectivity index (χ0v) is 35.9. The third-order valence-electron chi connectivity index (χ3n) is 9.74. The first-order chi connectivity index (χ1) is 33.8. The van der Waals surface area contributed by atoms with Gasteiger partial charge < -0.3 is 44.0 Å². The van der Waals surface area contributed by atoms with Crippen LogP contribution >= 0.6 is 0 Å². The fourth-order valence-electron chi connectivity index (χ4n) is 6.64. The molecule has 0 aliphatic heterocycles. The topological polar surface area (TPSA) is 226 Å². The summed E-state index contributed by atoms with van der Waals surface area (Å²) in [6, 6.07) is 41.1. The summed E-state index contributed by atoms with van der Waals surface area (Å²) < 4.78 is 97.9. The van der Waals surface area contributed by atoms with Crippen molar-refractivity contribution in [1.29, 1.82) is 0 Å². The molecule has 3 heterocycles. The van der Waals surface area contributed by atoms with E-state index in [-0.39, 0.29) is 39.6 Å². The van der Waals surface area contributed by atoms with Crippen molar-refractivity contribution in [2.75, 3.05) is 5.32 Å². The Morgan fingerprint density at radius 2 is 0.944 bits per heavy atom. The highest BCUT2D eigenvalue weighted by Crippen LogP contribution is 2.33. The highest BCUT2D eigenvalue weighted by molar-refractivity contribution is 5.95. The Bertz CT molecular complexity index is 3420. The summed E-state index contributed by atoms with van der Waals surface area (Å²) in [5.74, 6) is -2.93. The number of carboxylic acids is 2. The van der Waals surface area contributed by atoms with Crippen molar-refractivity contribution in [2.24, 2.45) is 5.73 Å². The van der Waals surface area contributed by atoms with E-state index in [1.165, 1.54) is 60.7 Å². The number of rotatable bonds is 10. The zero-order valence-electron chi connectivity index (χ0n) is 35.9. The summed E-state index contributed by atoms with van der Waals surface area (Å²) in [5, 5.41) is 21.2. The van der Waals surface area contributed by atoms with Gasteiger partial charge in [0.25, 0.3) is 0 Å². The molecule has 15 nitrogen and oxygen atoms in total. The molecule has 5 N–H and O–H groups in total. The number of halogens is 6. The van der Waals surface area contributed by atoms with Gasteiger partial charge in [-0.2, -0.15) is 0 Å². The summed E-state index contributed by atoms with van der Waals surface area (Å²) in [6.45, 7) is 0. The Hall–Kier alpha value is -9.66. The number of aromatic nitrogens is 3. The minimum Gasteiger partial charge on any atom is -0.478 e. The lowest BCUT2D eigenvalue weighted by Crippen LogP contribution is -2.17. The Labute approximate surface area is 394 Å². The quantitative estimate of drug-likeness (QED) is 0.0935. The molecule has 0 spiro atoms. The van der Waals surface area contributed by atoms with Crippen LogP contribution in [0.3, 0.4) is 0 Å². The van der Waals surface area contributed by atoms with Crippen LogP contribution in [0.4, 0.5) is 37.7 Å². The molecular weight excluding hydrogens is 945 g/mol. The molecule has 71 heavy (non-hydrogen) atoms. The Morgan fingerprint density at radius 1 is 0.465 bits per heavy atom. The number of anilines is 2. The van der Waals surface area contributed by atoms with Crippen LogP contribution < -0.4 is 20.5 Å². The molecule has 10 aromatic rings. The van der Waals surface area contributed by atoms with Crippen LogP contribution in [-0.2, 0) is 0 Å². The second kappa shape index (κ2) is 19.9. The molecule has 0 aliphatic carbocycles. The van der Waals surface area contributed by atoms with E-state index in [0.29, 0.717) is 39.2 Å². The standard InChI is InChI=1S/C20H15N3O2.2C15H8F3NO4/c21-19(24)13-5-4-6-14(11-13)20-23-17-10-9-16(12-18(17)25-20)22-15-7-2-1-3-8-15;16-15(17,18)23-10-3-1-2-8(6-10)13-19-11-7-9(14(20)21)4-5-12(11)22-13;16-15(17,18)23-10-3-1-2-8(6-10)13-19-11-5-4-9(14(20)21)7-12(11)22-13/h1-12,22H,(H2,21,24);2*1-7H,(H,20,21). The fourth-order valence-corrected chi connectivity index (χ4v) is 6.64. The minimum atomic E-state index is -4.80. The third kappa shape index (κ3) is 12.3. The van der Waals surface area contributed by atoms with Crippen LogP contribution in [0.1, 0.15) is 31.1 Å². The van der Waals surface area contributed by atoms with Gasteiger partial charge in [0.15, 0.2) is 16.7 Å². The first-order valence-electron chi connectivity index (χ1n) is 20.5. The highest BCUT2D eigenvalue weighted by Gasteiger charge is 2.32. The van der Waals surface area contributed by atoms with Gasteiger partial charge in [-0.1, -0.05) is 36.4 Å². The molecule has 0 bridgehead atoms. The van der Waals surface area contributed by atoms with Gasteiger partial charge in [-0.3, -0.25) is 4.79 Å². The first-order valence-corrected chi connectivity index (χ1v) is 20.5.